The van der Waals surface area contributed by atoms with Gasteiger partial charge in [0, 0.05) is 21.4 Å². The highest BCUT2D eigenvalue weighted by atomic mass is 79.9. The van der Waals surface area contributed by atoms with Crippen LogP contribution in [-0.2, 0) is 0 Å². The van der Waals surface area contributed by atoms with E-state index >= 15 is 0 Å². The lowest BCUT2D eigenvalue weighted by Gasteiger charge is -2.13. The molecule has 24 heavy (non-hydrogen) atoms. The first-order valence-electron chi connectivity index (χ1n) is 7.05. The van der Waals surface area contributed by atoms with Gasteiger partial charge >= 0.3 is 0 Å². The molecule has 3 aromatic rings. The standard InChI is InChI=1S/C16H14BrClN6/c1-9-2-4-11(18)6-12(9)23-15-14(19)16(22-8-21-15)24-13-5-3-10(17)7-20-13/h2-8H,19H2,1H3,(H2,20,21,22,23,24). The van der Waals surface area contributed by atoms with E-state index in [-0.39, 0.29) is 0 Å². The maximum atomic E-state index is 6.18. The maximum Gasteiger partial charge on any atom is 0.160 e. The summed E-state index contributed by atoms with van der Waals surface area (Å²) in [6.45, 7) is 1.97. The second-order valence-corrected chi connectivity index (χ2v) is 6.41. The molecule has 2 aromatic heterocycles. The summed E-state index contributed by atoms with van der Waals surface area (Å²) in [7, 11) is 0. The summed E-state index contributed by atoms with van der Waals surface area (Å²) in [5.74, 6) is 1.60. The van der Waals surface area contributed by atoms with Crippen LogP contribution in [0.15, 0.2) is 47.3 Å². The smallest absolute Gasteiger partial charge is 0.160 e. The number of aromatic nitrogens is 3. The van der Waals surface area contributed by atoms with Crippen molar-refractivity contribution in [1.82, 2.24) is 15.0 Å². The SMILES string of the molecule is Cc1ccc(Cl)cc1Nc1ncnc(Nc2ccc(Br)cn2)c1N. The van der Waals surface area contributed by atoms with Gasteiger partial charge in [-0.3, -0.25) is 0 Å². The van der Waals surface area contributed by atoms with E-state index in [1.165, 1.54) is 6.33 Å². The van der Waals surface area contributed by atoms with Crippen LogP contribution in [0.1, 0.15) is 5.56 Å². The molecule has 0 aliphatic rings. The van der Waals surface area contributed by atoms with E-state index in [1.807, 2.05) is 37.3 Å². The summed E-state index contributed by atoms with van der Waals surface area (Å²) in [6.07, 6.45) is 3.12. The Kier molecular flexibility index (Phi) is 4.82. The summed E-state index contributed by atoms with van der Waals surface area (Å²) >= 11 is 9.39. The van der Waals surface area contributed by atoms with Gasteiger partial charge < -0.3 is 16.4 Å². The van der Waals surface area contributed by atoms with Gasteiger partial charge in [-0.2, -0.15) is 0 Å². The lowest BCUT2D eigenvalue weighted by atomic mass is 10.2. The van der Waals surface area contributed by atoms with E-state index < -0.39 is 0 Å². The zero-order chi connectivity index (χ0) is 17.1. The van der Waals surface area contributed by atoms with E-state index in [0.29, 0.717) is 28.2 Å². The minimum Gasteiger partial charge on any atom is -0.393 e. The number of pyridine rings is 1. The van der Waals surface area contributed by atoms with Crippen LogP contribution < -0.4 is 16.4 Å². The first-order chi connectivity index (χ1) is 11.5. The lowest BCUT2D eigenvalue weighted by Crippen LogP contribution is -2.06. The molecule has 4 N–H and O–H groups in total. The number of nitrogens with one attached hydrogen (secondary N) is 2. The third-order valence-electron chi connectivity index (χ3n) is 3.31. The molecule has 2 heterocycles. The predicted octanol–water partition coefficient (Wildman–Crippen LogP) is 4.67. The van der Waals surface area contributed by atoms with Crippen LogP contribution in [0.5, 0.6) is 0 Å². The summed E-state index contributed by atoms with van der Waals surface area (Å²) < 4.78 is 0.891. The molecular weight excluding hydrogens is 392 g/mol. The third kappa shape index (κ3) is 3.74. The van der Waals surface area contributed by atoms with Gasteiger partial charge in [-0.05, 0) is 52.7 Å². The molecule has 0 saturated carbocycles. The Hall–Kier alpha value is -2.38. The summed E-state index contributed by atoms with van der Waals surface area (Å²) in [6, 6.07) is 9.27. The van der Waals surface area contributed by atoms with Gasteiger partial charge in [0.15, 0.2) is 11.6 Å². The Morgan fingerprint density at radius 1 is 1.04 bits per heavy atom. The number of hydrogen-bond donors (Lipinski definition) is 3. The van der Waals surface area contributed by atoms with E-state index in [9.17, 15) is 0 Å². The molecule has 1 aromatic carbocycles. The molecule has 0 fully saturated rings. The van der Waals surface area contributed by atoms with Crippen molar-refractivity contribution in [3.8, 4) is 0 Å². The van der Waals surface area contributed by atoms with Crippen molar-refractivity contribution in [2.45, 2.75) is 6.92 Å². The molecule has 0 aliphatic carbocycles. The highest BCUT2D eigenvalue weighted by molar-refractivity contribution is 9.10. The second kappa shape index (κ2) is 7.02. The van der Waals surface area contributed by atoms with Crippen molar-refractivity contribution in [2.75, 3.05) is 16.4 Å². The first kappa shape index (κ1) is 16.5. The number of nitrogens with zero attached hydrogens (tertiary/aromatic N) is 3. The number of aryl methyl sites for hydroxylation is 1. The molecule has 0 atom stereocenters. The largest absolute Gasteiger partial charge is 0.393 e. The van der Waals surface area contributed by atoms with Crippen LogP contribution in [-0.4, -0.2) is 15.0 Å². The van der Waals surface area contributed by atoms with Crippen molar-refractivity contribution in [3.63, 3.8) is 0 Å². The zero-order valence-electron chi connectivity index (χ0n) is 12.7. The highest BCUT2D eigenvalue weighted by Crippen LogP contribution is 2.30. The van der Waals surface area contributed by atoms with E-state index in [4.69, 9.17) is 17.3 Å². The third-order valence-corrected chi connectivity index (χ3v) is 4.01. The van der Waals surface area contributed by atoms with Crippen LogP contribution in [0, 0.1) is 6.92 Å². The van der Waals surface area contributed by atoms with Gasteiger partial charge in [0.1, 0.15) is 17.8 Å². The van der Waals surface area contributed by atoms with Crippen molar-refractivity contribution >= 4 is 56.4 Å². The van der Waals surface area contributed by atoms with Crippen molar-refractivity contribution in [3.05, 3.63) is 57.9 Å². The van der Waals surface area contributed by atoms with Crippen LogP contribution in [0.25, 0.3) is 0 Å². The van der Waals surface area contributed by atoms with Gasteiger partial charge in [-0.15, -0.1) is 0 Å². The molecule has 0 aliphatic heterocycles. The number of rotatable bonds is 4. The molecule has 8 heteroatoms. The monoisotopic (exact) mass is 404 g/mol. The Labute approximate surface area is 152 Å². The maximum absolute atomic E-state index is 6.18. The highest BCUT2D eigenvalue weighted by Gasteiger charge is 2.10. The summed E-state index contributed by atoms with van der Waals surface area (Å²) in [5, 5.41) is 6.90. The molecule has 0 radical (unpaired) electrons. The predicted molar refractivity (Wildman–Crippen MR) is 101 cm³/mol. The fourth-order valence-electron chi connectivity index (χ4n) is 2.02. The van der Waals surface area contributed by atoms with Gasteiger partial charge in [-0.1, -0.05) is 17.7 Å². The number of nitrogen functional groups attached to an aromatic ring is 1. The van der Waals surface area contributed by atoms with Gasteiger partial charge in [0.25, 0.3) is 0 Å². The van der Waals surface area contributed by atoms with Crippen LogP contribution >= 0.6 is 27.5 Å². The summed E-state index contributed by atoms with van der Waals surface area (Å²) in [4.78, 5) is 12.6. The van der Waals surface area contributed by atoms with E-state index in [2.05, 4.69) is 41.5 Å². The van der Waals surface area contributed by atoms with Gasteiger partial charge in [0.05, 0.1) is 0 Å². The van der Waals surface area contributed by atoms with Gasteiger partial charge in [0.2, 0.25) is 0 Å². The van der Waals surface area contributed by atoms with Crippen molar-refractivity contribution in [1.29, 1.82) is 0 Å². The average molecular weight is 406 g/mol. The normalized spacial score (nSPS) is 10.5. The van der Waals surface area contributed by atoms with Crippen LogP contribution in [0.4, 0.5) is 28.8 Å². The molecule has 122 valence electrons. The number of halogens is 2. The fraction of sp³-hybridized carbons (Fsp3) is 0.0625. The number of benzene rings is 1. The molecule has 0 unspecified atom stereocenters. The van der Waals surface area contributed by atoms with Crippen molar-refractivity contribution < 1.29 is 0 Å². The Balaban J connectivity index is 1.88. The molecular formula is C16H14BrClN6. The Morgan fingerprint density at radius 2 is 1.79 bits per heavy atom. The Bertz CT molecular complexity index is 869. The number of nitrogens with two attached hydrogens (primary N) is 1. The van der Waals surface area contributed by atoms with E-state index in [1.54, 1.807) is 6.20 Å². The minimum absolute atomic E-state index is 0.390. The molecule has 0 bridgehead atoms. The number of anilines is 5. The quantitative estimate of drug-likeness (QED) is 0.585. The number of hydrogen-bond acceptors (Lipinski definition) is 6. The second-order valence-electron chi connectivity index (χ2n) is 5.06. The molecule has 0 saturated heterocycles. The minimum atomic E-state index is 0.390. The molecule has 0 spiro atoms. The molecule has 0 amide bonds. The lowest BCUT2D eigenvalue weighted by molar-refractivity contribution is 1.16. The first-order valence-corrected chi connectivity index (χ1v) is 8.22. The Morgan fingerprint density at radius 3 is 2.50 bits per heavy atom. The zero-order valence-corrected chi connectivity index (χ0v) is 15.1. The molecule has 6 nitrogen and oxygen atoms in total. The topological polar surface area (TPSA) is 88.8 Å². The van der Waals surface area contributed by atoms with Gasteiger partial charge in [-0.25, -0.2) is 15.0 Å². The molecule has 3 rings (SSSR count). The summed E-state index contributed by atoms with van der Waals surface area (Å²) in [5.41, 5.74) is 8.43. The van der Waals surface area contributed by atoms with Crippen LogP contribution in [0.3, 0.4) is 0 Å². The van der Waals surface area contributed by atoms with Crippen LogP contribution in [0.2, 0.25) is 5.02 Å². The van der Waals surface area contributed by atoms with E-state index in [0.717, 1.165) is 15.7 Å². The van der Waals surface area contributed by atoms with Crippen molar-refractivity contribution in [2.24, 2.45) is 0 Å². The fourth-order valence-corrected chi connectivity index (χ4v) is 2.43. The average Bonchev–Trinajstić information content (AvgIpc) is 2.56.